The van der Waals surface area contributed by atoms with E-state index in [0.29, 0.717) is 19.0 Å². The fourth-order valence-corrected chi connectivity index (χ4v) is 3.91. The van der Waals surface area contributed by atoms with Crippen molar-refractivity contribution in [2.45, 2.75) is 12.3 Å². The lowest BCUT2D eigenvalue weighted by molar-refractivity contribution is -0.148. The maximum absolute atomic E-state index is 12.1. The van der Waals surface area contributed by atoms with Crippen LogP contribution in [-0.4, -0.2) is 54.8 Å². The number of rotatable bonds is 5. The molecule has 0 aliphatic carbocycles. The molecular formula is C17H19NO5S. The number of methoxy groups -OCH3 is 1. The molecule has 1 unspecified atom stereocenters. The largest absolute Gasteiger partial charge is 0.497 e. The van der Waals surface area contributed by atoms with E-state index in [0.717, 1.165) is 22.6 Å². The predicted molar refractivity (Wildman–Crippen MR) is 91.1 cm³/mol. The first-order chi connectivity index (χ1) is 11.6. The first-order valence-electron chi connectivity index (χ1n) is 7.70. The van der Waals surface area contributed by atoms with E-state index in [1.54, 1.807) is 18.9 Å². The second-order valence-electron chi connectivity index (χ2n) is 5.40. The molecule has 0 radical (unpaired) electrons. The summed E-state index contributed by atoms with van der Waals surface area (Å²) in [6.07, 6.45) is 2.01. The Kier molecular flexibility index (Phi) is 4.99. The lowest BCUT2D eigenvalue weighted by Crippen LogP contribution is -2.40. The summed E-state index contributed by atoms with van der Waals surface area (Å²) in [4.78, 5) is 25.4. The summed E-state index contributed by atoms with van der Waals surface area (Å²) >= 11 is 1.50. The van der Waals surface area contributed by atoms with Crippen molar-refractivity contribution < 1.29 is 23.8 Å². The maximum atomic E-state index is 12.1. The smallest absolute Gasteiger partial charge is 0.325 e. The molecule has 6 nitrogen and oxygen atoms in total. The van der Waals surface area contributed by atoms with Gasteiger partial charge in [-0.2, -0.15) is 0 Å². The highest BCUT2D eigenvalue weighted by Crippen LogP contribution is 2.37. The highest BCUT2D eigenvalue weighted by molar-refractivity contribution is 8.01. The zero-order valence-electron chi connectivity index (χ0n) is 13.6. The number of thioether (sulfide) groups is 1. The molecule has 3 rings (SSSR count). The van der Waals surface area contributed by atoms with Gasteiger partial charge >= 0.3 is 5.97 Å². The van der Waals surface area contributed by atoms with E-state index in [9.17, 15) is 9.59 Å². The number of amides is 1. The molecule has 1 aromatic rings. The van der Waals surface area contributed by atoms with Gasteiger partial charge in [0, 0.05) is 11.1 Å². The molecule has 2 heterocycles. The van der Waals surface area contributed by atoms with E-state index in [-0.39, 0.29) is 17.8 Å². The SMILES string of the molecule is CCOC(=O)CN1C(=O)CSC1C1=Cc2cc(OC)ccc2OC1. The number of esters is 1. The van der Waals surface area contributed by atoms with Crippen LogP contribution in [-0.2, 0) is 14.3 Å². The number of hydrogen-bond donors (Lipinski definition) is 0. The Morgan fingerprint density at radius 2 is 2.29 bits per heavy atom. The van der Waals surface area contributed by atoms with E-state index < -0.39 is 5.97 Å². The fraction of sp³-hybridized carbons (Fsp3) is 0.412. The molecule has 1 saturated heterocycles. The molecule has 0 spiro atoms. The van der Waals surface area contributed by atoms with E-state index in [1.807, 2.05) is 24.3 Å². The van der Waals surface area contributed by atoms with Crippen LogP contribution in [0.1, 0.15) is 12.5 Å². The Balaban J connectivity index is 1.82. The Hall–Kier alpha value is -2.15. The van der Waals surface area contributed by atoms with E-state index in [1.165, 1.54) is 11.8 Å². The minimum absolute atomic E-state index is 0.0351. The van der Waals surface area contributed by atoms with Gasteiger partial charge < -0.3 is 19.1 Å². The highest BCUT2D eigenvalue weighted by atomic mass is 32.2. The van der Waals surface area contributed by atoms with Crippen molar-refractivity contribution in [2.75, 3.05) is 32.6 Å². The Morgan fingerprint density at radius 3 is 3.04 bits per heavy atom. The van der Waals surface area contributed by atoms with Crippen molar-refractivity contribution in [3.05, 3.63) is 29.3 Å². The van der Waals surface area contributed by atoms with Crippen LogP contribution in [0, 0.1) is 0 Å². The number of carbonyl (C=O) groups excluding carboxylic acids is 2. The van der Waals surface area contributed by atoms with Crippen molar-refractivity contribution in [2.24, 2.45) is 0 Å². The monoisotopic (exact) mass is 349 g/mol. The number of fused-ring (bicyclic) bond motifs is 1. The van der Waals surface area contributed by atoms with Gasteiger partial charge in [0.15, 0.2) is 0 Å². The van der Waals surface area contributed by atoms with E-state index >= 15 is 0 Å². The van der Waals surface area contributed by atoms with Gasteiger partial charge in [0.05, 0.1) is 19.5 Å². The summed E-state index contributed by atoms with van der Waals surface area (Å²) in [5.41, 5.74) is 1.86. The second kappa shape index (κ2) is 7.17. The third-order valence-electron chi connectivity index (χ3n) is 3.84. The van der Waals surface area contributed by atoms with Crippen molar-refractivity contribution >= 4 is 29.7 Å². The van der Waals surface area contributed by atoms with E-state index in [2.05, 4.69) is 0 Å². The Bertz CT molecular complexity index is 688. The summed E-state index contributed by atoms with van der Waals surface area (Å²) in [5.74, 6) is 1.43. The van der Waals surface area contributed by atoms with Gasteiger partial charge in [0.1, 0.15) is 30.0 Å². The zero-order valence-corrected chi connectivity index (χ0v) is 14.4. The van der Waals surface area contributed by atoms with Gasteiger partial charge in [-0.05, 0) is 31.2 Å². The average Bonchev–Trinajstić information content (AvgIpc) is 2.94. The van der Waals surface area contributed by atoms with Crippen LogP contribution < -0.4 is 9.47 Å². The van der Waals surface area contributed by atoms with Crippen molar-refractivity contribution in [1.29, 1.82) is 0 Å². The zero-order chi connectivity index (χ0) is 17.1. The minimum atomic E-state index is -0.391. The molecule has 128 valence electrons. The summed E-state index contributed by atoms with van der Waals surface area (Å²) in [5, 5.41) is -0.207. The molecule has 2 aliphatic rings. The van der Waals surface area contributed by atoms with Gasteiger partial charge in [0.2, 0.25) is 5.91 Å². The molecule has 0 N–H and O–H groups in total. The van der Waals surface area contributed by atoms with Crippen molar-refractivity contribution in [3.8, 4) is 11.5 Å². The summed E-state index contributed by atoms with van der Waals surface area (Å²) in [6, 6.07) is 5.61. The van der Waals surface area contributed by atoms with Gasteiger partial charge in [-0.15, -0.1) is 11.8 Å². The Morgan fingerprint density at radius 1 is 1.46 bits per heavy atom. The molecule has 0 saturated carbocycles. The standard InChI is InChI=1S/C17H19NO5S/c1-3-22-16(20)8-18-15(19)10-24-17(18)12-6-11-7-13(21-2)4-5-14(11)23-9-12/h4-7,17H,3,8-10H2,1-2H3. The first-order valence-corrected chi connectivity index (χ1v) is 8.75. The van der Waals surface area contributed by atoms with Gasteiger partial charge in [-0.25, -0.2) is 0 Å². The number of benzene rings is 1. The second-order valence-corrected chi connectivity index (χ2v) is 6.47. The topological polar surface area (TPSA) is 65.1 Å². The lowest BCUT2D eigenvalue weighted by Gasteiger charge is -2.28. The number of hydrogen-bond acceptors (Lipinski definition) is 6. The molecule has 1 fully saturated rings. The first kappa shape index (κ1) is 16.7. The minimum Gasteiger partial charge on any atom is -0.497 e. The summed E-state index contributed by atoms with van der Waals surface area (Å²) in [6.45, 7) is 2.41. The predicted octanol–water partition coefficient (Wildman–Crippen LogP) is 1.94. The quantitative estimate of drug-likeness (QED) is 0.757. The molecule has 0 bridgehead atoms. The molecule has 0 aromatic heterocycles. The third kappa shape index (κ3) is 3.36. The maximum Gasteiger partial charge on any atom is 0.325 e. The van der Waals surface area contributed by atoms with Crippen molar-refractivity contribution in [3.63, 3.8) is 0 Å². The number of nitrogens with zero attached hydrogens (tertiary/aromatic N) is 1. The van der Waals surface area contributed by atoms with Crippen LogP contribution in [0.3, 0.4) is 0 Å². The van der Waals surface area contributed by atoms with Crippen LogP contribution in [0.4, 0.5) is 0 Å². The molecule has 2 aliphatic heterocycles. The van der Waals surface area contributed by atoms with Crippen molar-refractivity contribution in [1.82, 2.24) is 4.90 Å². The van der Waals surface area contributed by atoms with Crippen LogP contribution in [0.25, 0.3) is 6.08 Å². The van der Waals surface area contributed by atoms with Gasteiger partial charge in [-0.1, -0.05) is 0 Å². The number of carbonyl (C=O) groups is 2. The van der Waals surface area contributed by atoms with E-state index in [4.69, 9.17) is 14.2 Å². The van der Waals surface area contributed by atoms with Crippen LogP contribution in [0.5, 0.6) is 11.5 Å². The molecule has 1 amide bonds. The summed E-state index contributed by atoms with van der Waals surface area (Å²) in [7, 11) is 1.61. The molecule has 7 heteroatoms. The normalized spacial score (nSPS) is 19.4. The van der Waals surface area contributed by atoms with Gasteiger partial charge in [0.25, 0.3) is 0 Å². The third-order valence-corrected chi connectivity index (χ3v) is 5.13. The lowest BCUT2D eigenvalue weighted by atomic mass is 10.1. The van der Waals surface area contributed by atoms with Crippen LogP contribution in [0.15, 0.2) is 23.8 Å². The molecular weight excluding hydrogens is 330 g/mol. The molecule has 24 heavy (non-hydrogen) atoms. The van der Waals surface area contributed by atoms with Gasteiger partial charge in [-0.3, -0.25) is 9.59 Å². The Labute approximate surface area is 144 Å². The van der Waals surface area contributed by atoms with Crippen LogP contribution >= 0.6 is 11.8 Å². The number of ether oxygens (including phenoxy) is 3. The highest BCUT2D eigenvalue weighted by Gasteiger charge is 2.36. The van der Waals surface area contributed by atoms with Crippen LogP contribution in [0.2, 0.25) is 0 Å². The average molecular weight is 349 g/mol. The molecule has 1 aromatic carbocycles. The summed E-state index contributed by atoms with van der Waals surface area (Å²) < 4.78 is 16.0. The fourth-order valence-electron chi connectivity index (χ4n) is 2.72. The molecule has 1 atom stereocenters.